The fourth-order valence-electron chi connectivity index (χ4n) is 1.90. The molecule has 0 N–H and O–H groups in total. The summed E-state index contributed by atoms with van der Waals surface area (Å²) in [5, 5.41) is 8.67. The van der Waals surface area contributed by atoms with E-state index in [-0.39, 0.29) is 12.1 Å². The van der Waals surface area contributed by atoms with Crippen molar-refractivity contribution in [1.29, 1.82) is 5.26 Å². The summed E-state index contributed by atoms with van der Waals surface area (Å²) in [4.78, 5) is 17.5. The number of carbonyl (C=O) groups is 1. The Morgan fingerprint density at radius 1 is 1.52 bits per heavy atom. The predicted octanol–water partition coefficient (Wildman–Crippen LogP) is 2.34. The van der Waals surface area contributed by atoms with Gasteiger partial charge in [-0.25, -0.2) is 9.78 Å². The van der Waals surface area contributed by atoms with E-state index in [9.17, 15) is 4.79 Å². The standard InChI is InChI=1S/C15H19N3O3/c1-15(2,3)21-14(19)18-7-6-12(18)10-20-13-5-4-11(8-16)17-9-13/h4-5,9,12H,6-7,10H2,1-3H3/t12-/m0/s1. The minimum atomic E-state index is -0.491. The van der Waals surface area contributed by atoms with Gasteiger partial charge in [-0.2, -0.15) is 5.26 Å². The molecule has 1 amide bonds. The van der Waals surface area contributed by atoms with E-state index in [0.29, 0.717) is 24.6 Å². The minimum Gasteiger partial charge on any atom is -0.490 e. The number of likely N-dealkylation sites (tertiary alicyclic amines) is 1. The van der Waals surface area contributed by atoms with Gasteiger partial charge in [-0.05, 0) is 39.3 Å². The molecule has 0 unspecified atom stereocenters. The molecule has 0 bridgehead atoms. The number of carbonyl (C=O) groups excluding carboxylic acids is 1. The van der Waals surface area contributed by atoms with Crippen LogP contribution in [0, 0.1) is 11.3 Å². The number of hydrogen-bond acceptors (Lipinski definition) is 5. The Hall–Kier alpha value is -2.29. The average molecular weight is 289 g/mol. The molecule has 1 atom stereocenters. The van der Waals surface area contributed by atoms with Crippen LogP contribution >= 0.6 is 0 Å². The Bertz CT molecular complexity index is 543. The number of rotatable bonds is 3. The van der Waals surface area contributed by atoms with E-state index < -0.39 is 5.60 Å². The van der Waals surface area contributed by atoms with E-state index in [0.717, 1.165) is 6.42 Å². The van der Waals surface area contributed by atoms with Crippen LogP contribution in [0.1, 0.15) is 32.9 Å². The Morgan fingerprint density at radius 2 is 2.29 bits per heavy atom. The van der Waals surface area contributed by atoms with Crippen molar-refractivity contribution in [3.63, 3.8) is 0 Å². The molecule has 0 saturated carbocycles. The zero-order valence-corrected chi connectivity index (χ0v) is 12.5. The van der Waals surface area contributed by atoms with Crippen molar-refractivity contribution in [2.75, 3.05) is 13.2 Å². The summed E-state index contributed by atoms with van der Waals surface area (Å²) < 4.78 is 10.9. The van der Waals surface area contributed by atoms with Gasteiger partial charge in [0.15, 0.2) is 0 Å². The number of nitrogens with zero attached hydrogens (tertiary/aromatic N) is 3. The number of hydrogen-bond donors (Lipinski definition) is 0. The molecule has 1 aromatic rings. The van der Waals surface area contributed by atoms with Crippen molar-refractivity contribution in [3.05, 3.63) is 24.0 Å². The molecular weight excluding hydrogens is 270 g/mol. The second-order valence-electron chi connectivity index (χ2n) is 5.92. The predicted molar refractivity (Wildman–Crippen MR) is 75.8 cm³/mol. The van der Waals surface area contributed by atoms with Crippen molar-refractivity contribution >= 4 is 6.09 Å². The monoisotopic (exact) mass is 289 g/mol. The lowest BCUT2D eigenvalue weighted by molar-refractivity contribution is -0.0141. The molecule has 21 heavy (non-hydrogen) atoms. The number of nitriles is 1. The third-order valence-electron chi connectivity index (χ3n) is 3.07. The summed E-state index contributed by atoms with van der Waals surface area (Å²) in [6.45, 7) is 6.62. The van der Waals surface area contributed by atoms with Gasteiger partial charge in [-0.3, -0.25) is 0 Å². The molecule has 2 heterocycles. The third-order valence-corrected chi connectivity index (χ3v) is 3.07. The Balaban J connectivity index is 1.83. The lowest BCUT2D eigenvalue weighted by atomic mass is 10.1. The molecule has 0 radical (unpaired) electrons. The largest absolute Gasteiger partial charge is 0.490 e. The molecule has 1 aliphatic rings. The zero-order chi connectivity index (χ0) is 15.5. The zero-order valence-electron chi connectivity index (χ0n) is 12.5. The Kier molecular flexibility index (Phi) is 4.32. The normalized spacial score (nSPS) is 17.6. The van der Waals surface area contributed by atoms with Crippen molar-refractivity contribution in [1.82, 2.24) is 9.88 Å². The first kappa shape index (κ1) is 15.1. The fourth-order valence-corrected chi connectivity index (χ4v) is 1.90. The molecule has 1 aliphatic heterocycles. The Morgan fingerprint density at radius 3 is 2.76 bits per heavy atom. The molecule has 0 spiro atoms. The molecule has 6 heteroatoms. The topological polar surface area (TPSA) is 75.4 Å². The van der Waals surface area contributed by atoms with Crippen LogP contribution in [-0.4, -0.2) is 40.8 Å². The van der Waals surface area contributed by atoms with E-state index in [1.54, 1.807) is 17.0 Å². The molecule has 1 fully saturated rings. The summed E-state index contributed by atoms with van der Waals surface area (Å²) in [7, 11) is 0. The van der Waals surface area contributed by atoms with Crippen molar-refractivity contribution in [2.24, 2.45) is 0 Å². The average Bonchev–Trinajstić information content (AvgIpc) is 2.36. The smallest absolute Gasteiger partial charge is 0.410 e. The molecule has 1 aromatic heterocycles. The van der Waals surface area contributed by atoms with Crippen LogP contribution in [0.4, 0.5) is 4.79 Å². The lowest BCUT2D eigenvalue weighted by Gasteiger charge is -2.40. The van der Waals surface area contributed by atoms with Crippen LogP contribution in [0.25, 0.3) is 0 Å². The summed E-state index contributed by atoms with van der Waals surface area (Å²) >= 11 is 0. The quantitative estimate of drug-likeness (QED) is 0.853. The van der Waals surface area contributed by atoms with Gasteiger partial charge in [0.05, 0.1) is 12.2 Å². The van der Waals surface area contributed by atoms with Crippen LogP contribution < -0.4 is 4.74 Å². The van der Waals surface area contributed by atoms with Gasteiger partial charge >= 0.3 is 6.09 Å². The van der Waals surface area contributed by atoms with Gasteiger partial charge in [-0.15, -0.1) is 0 Å². The summed E-state index contributed by atoms with van der Waals surface area (Å²) in [5.74, 6) is 0.588. The van der Waals surface area contributed by atoms with Crippen molar-refractivity contribution in [3.8, 4) is 11.8 Å². The first-order valence-corrected chi connectivity index (χ1v) is 6.87. The van der Waals surface area contributed by atoms with Crippen molar-refractivity contribution in [2.45, 2.75) is 38.8 Å². The van der Waals surface area contributed by atoms with E-state index in [2.05, 4.69) is 4.98 Å². The van der Waals surface area contributed by atoms with Crippen LogP contribution in [-0.2, 0) is 4.74 Å². The lowest BCUT2D eigenvalue weighted by Crippen LogP contribution is -2.55. The van der Waals surface area contributed by atoms with Crippen LogP contribution in [0.5, 0.6) is 5.75 Å². The molecule has 112 valence electrons. The van der Waals surface area contributed by atoms with Gasteiger partial charge in [-0.1, -0.05) is 0 Å². The van der Waals surface area contributed by atoms with Gasteiger partial charge in [0.25, 0.3) is 0 Å². The second-order valence-corrected chi connectivity index (χ2v) is 5.92. The number of pyridine rings is 1. The van der Waals surface area contributed by atoms with Gasteiger partial charge < -0.3 is 14.4 Å². The van der Waals surface area contributed by atoms with Crippen LogP contribution in [0.3, 0.4) is 0 Å². The van der Waals surface area contributed by atoms with Gasteiger partial charge in [0, 0.05) is 6.54 Å². The van der Waals surface area contributed by atoms with E-state index in [4.69, 9.17) is 14.7 Å². The van der Waals surface area contributed by atoms with Crippen LogP contribution in [0.2, 0.25) is 0 Å². The fraction of sp³-hybridized carbons (Fsp3) is 0.533. The first-order chi connectivity index (χ1) is 9.89. The van der Waals surface area contributed by atoms with E-state index in [1.807, 2.05) is 26.8 Å². The molecule has 1 saturated heterocycles. The number of aromatic nitrogens is 1. The maximum Gasteiger partial charge on any atom is 0.410 e. The minimum absolute atomic E-state index is 0.0236. The molecule has 0 aromatic carbocycles. The number of amides is 1. The summed E-state index contributed by atoms with van der Waals surface area (Å²) in [5.41, 5.74) is -0.142. The maximum absolute atomic E-state index is 11.9. The highest BCUT2D eigenvalue weighted by atomic mass is 16.6. The highest BCUT2D eigenvalue weighted by Crippen LogP contribution is 2.22. The van der Waals surface area contributed by atoms with E-state index in [1.165, 1.54) is 6.20 Å². The molecule has 0 aliphatic carbocycles. The van der Waals surface area contributed by atoms with Gasteiger partial charge in [0.1, 0.15) is 29.7 Å². The molecule has 2 rings (SSSR count). The number of ether oxygens (including phenoxy) is 2. The van der Waals surface area contributed by atoms with Gasteiger partial charge in [0.2, 0.25) is 0 Å². The summed E-state index contributed by atoms with van der Waals surface area (Å²) in [6.07, 6.45) is 2.10. The Labute approximate surface area is 124 Å². The van der Waals surface area contributed by atoms with E-state index >= 15 is 0 Å². The third kappa shape index (κ3) is 4.09. The first-order valence-electron chi connectivity index (χ1n) is 6.87. The van der Waals surface area contributed by atoms with Crippen molar-refractivity contribution < 1.29 is 14.3 Å². The SMILES string of the molecule is CC(C)(C)OC(=O)N1CC[C@H]1COc1ccc(C#N)nc1. The second kappa shape index (κ2) is 6.00. The van der Waals surface area contributed by atoms with Crippen LogP contribution in [0.15, 0.2) is 18.3 Å². The highest BCUT2D eigenvalue weighted by Gasteiger charge is 2.35. The highest BCUT2D eigenvalue weighted by molar-refractivity contribution is 5.69. The molecule has 6 nitrogen and oxygen atoms in total. The maximum atomic E-state index is 11.9. The summed E-state index contributed by atoms with van der Waals surface area (Å²) in [6, 6.07) is 5.27. The molecular formula is C15H19N3O3.